The van der Waals surface area contributed by atoms with E-state index in [1.54, 1.807) is 18.2 Å². The van der Waals surface area contributed by atoms with Gasteiger partial charge in [0.1, 0.15) is 17.4 Å². The van der Waals surface area contributed by atoms with Crippen molar-refractivity contribution >= 4 is 28.8 Å². The Hall–Kier alpha value is -3.56. The van der Waals surface area contributed by atoms with E-state index in [1.165, 1.54) is 13.0 Å². The number of amides is 1. The van der Waals surface area contributed by atoms with Gasteiger partial charge in [-0.3, -0.25) is 9.79 Å². The fraction of sp³-hybridized carbons (Fsp3) is 0.429. The number of ether oxygens (including phenoxy) is 1. The van der Waals surface area contributed by atoms with E-state index >= 15 is 0 Å². The van der Waals surface area contributed by atoms with E-state index in [0.29, 0.717) is 17.8 Å². The van der Waals surface area contributed by atoms with Gasteiger partial charge in [0.05, 0.1) is 0 Å². The lowest BCUT2D eigenvalue weighted by Gasteiger charge is -2.19. The third-order valence-corrected chi connectivity index (χ3v) is 4.56. The maximum absolute atomic E-state index is 12.4. The molecule has 1 aromatic heterocycles. The number of fused-ring (bicyclic) bond motifs is 1. The van der Waals surface area contributed by atoms with Gasteiger partial charge in [0.25, 0.3) is 5.91 Å². The van der Waals surface area contributed by atoms with Crippen LogP contribution in [0.4, 0.5) is 0 Å². The minimum absolute atomic E-state index is 0.0778. The van der Waals surface area contributed by atoms with Crippen LogP contribution in [-0.2, 0) is 16.0 Å². The summed E-state index contributed by atoms with van der Waals surface area (Å²) in [7, 11) is 0. The number of carbonyl (C=O) groups excluding carboxylic acids is 1. The van der Waals surface area contributed by atoms with Crippen LogP contribution in [0.3, 0.4) is 0 Å². The number of rotatable bonds is 11. The second kappa shape index (κ2) is 11.0. The summed E-state index contributed by atoms with van der Waals surface area (Å²) in [6, 6.07) is 5.37. The minimum Gasteiger partial charge on any atom is -0.481 e. The number of guanidine groups is 1. The summed E-state index contributed by atoms with van der Waals surface area (Å²) in [6.45, 7) is 3.78. The Morgan fingerprint density at radius 1 is 1.29 bits per heavy atom. The van der Waals surface area contributed by atoms with E-state index in [2.05, 4.69) is 10.3 Å². The lowest BCUT2D eigenvalue weighted by atomic mass is 10.1. The number of aliphatic carboxylic acids is 1. The van der Waals surface area contributed by atoms with E-state index in [9.17, 15) is 19.5 Å². The van der Waals surface area contributed by atoms with Gasteiger partial charge in [0.2, 0.25) is 0 Å². The molecule has 2 rings (SSSR count). The van der Waals surface area contributed by atoms with Gasteiger partial charge in [0.15, 0.2) is 12.1 Å². The van der Waals surface area contributed by atoms with Crippen LogP contribution in [0.15, 0.2) is 38.5 Å². The van der Waals surface area contributed by atoms with Crippen LogP contribution in [0.5, 0.6) is 5.75 Å². The molecular weight excluding hydrogens is 404 g/mol. The third-order valence-electron chi connectivity index (χ3n) is 4.56. The Morgan fingerprint density at radius 2 is 2.03 bits per heavy atom. The smallest absolute Gasteiger partial charge is 0.336 e. The molecule has 0 aliphatic rings. The van der Waals surface area contributed by atoms with Gasteiger partial charge >= 0.3 is 11.6 Å². The maximum Gasteiger partial charge on any atom is 0.336 e. The molecule has 1 heterocycles. The second-order valence-electron chi connectivity index (χ2n) is 7.11. The van der Waals surface area contributed by atoms with Crippen molar-refractivity contribution in [2.24, 2.45) is 16.5 Å². The van der Waals surface area contributed by atoms with E-state index in [0.717, 1.165) is 23.8 Å². The van der Waals surface area contributed by atoms with Crippen LogP contribution >= 0.6 is 0 Å². The molecule has 0 fully saturated rings. The molecule has 0 saturated heterocycles. The summed E-state index contributed by atoms with van der Waals surface area (Å²) in [5.41, 5.74) is 11.3. The number of aliphatic imine (C=N–C) groups is 1. The molecule has 0 spiro atoms. The predicted molar refractivity (Wildman–Crippen MR) is 116 cm³/mol. The Kier molecular flexibility index (Phi) is 8.42. The number of carbonyl (C=O) groups is 2. The van der Waals surface area contributed by atoms with Crippen molar-refractivity contribution < 1.29 is 23.8 Å². The van der Waals surface area contributed by atoms with Gasteiger partial charge in [-0.15, -0.1) is 0 Å². The maximum atomic E-state index is 12.4. The summed E-state index contributed by atoms with van der Waals surface area (Å²) >= 11 is 0. The van der Waals surface area contributed by atoms with E-state index in [1.807, 2.05) is 6.92 Å². The zero-order chi connectivity index (χ0) is 23.0. The Balaban J connectivity index is 2.05. The molecule has 2 aromatic rings. The first kappa shape index (κ1) is 23.7. The van der Waals surface area contributed by atoms with Crippen LogP contribution in [-0.4, -0.2) is 41.6 Å². The number of aryl methyl sites for hydroxylation is 1. The first-order valence-electron chi connectivity index (χ1n) is 10.0. The van der Waals surface area contributed by atoms with Crippen molar-refractivity contribution in [2.45, 2.75) is 51.7 Å². The van der Waals surface area contributed by atoms with Gasteiger partial charge in [-0.2, -0.15) is 0 Å². The lowest BCUT2D eigenvalue weighted by molar-refractivity contribution is -0.143. The Morgan fingerprint density at radius 3 is 2.68 bits per heavy atom. The van der Waals surface area contributed by atoms with Crippen molar-refractivity contribution in [3.05, 3.63) is 40.2 Å². The van der Waals surface area contributed by atoms with Crippen molar-refractivity contribution in [3.63, 3.8) is 0 Å². The number of hydrogen-bond donors (Lipinski definition) is 4. The molecule has 168 valence electrons. The highest BCUT2D eigenvalue weighted by Gasteiger charge is 2.23. The predicted octanol–water partition coefficient (Wildman–Crippen LogP) is 1.14. The van der Waals surface area contributed by atoms with E-state index in [4.69, 9.17) is 20.6 Å². The van der Waals surface area contributed by atoms with Crippen LogP contribution < -0.4 is 27.1 Å². The zero-order valence-electron chi connectivity index (χ0n) is 17.6. The topological polar surface area (TPSA) is 170 Å². The molecule has 1 amide bonds. The van der Waals surface area contributed by atoms with Crippen molar-refractivity contribution in [3.8, 4) is 5.75 Å². The Labute approximate surface area is 179 Å². The summed E-state index contributed by atoms with van der Waals surface area (Å²) in [5, 5.41) is 12.6. The highest BCUT2D eigenvalue weighted by atomic mass is 16.5. The normalized spacial score (nSPS) is 12.7. The first-order chi connectivity index (χ1) is 14.7. The van der Waals surface area contributed by atoms with Gasteiger partial charge < -0.3 is 31.0 Å². The average Bonchev–Trinajstić information content (AvgIpc) is 2.69. The molecule has 10 heteroatoms. The number of hydrogen-bond acceptors (Lipinski definition) is 6. The quantitative estimate of drug-likeness (QED) is 0.177. The molecule has 2 atom stereocenters. The molecule has 0 aliphatic heterocycles. The minimum atomic E-state index is -1.17. The number of nitrogens with two attached hydrogens (primary N) is 2. The summed E-state index contributed by atoms with van der Waals surface area (Å²) in [4.78, 5) is 39.4. The number of benzene rings is 1. The average molecular weight is 432 g/mol. The molecule has 1 aromatic carbocycles. The molecule has 10 nitrogen and oxygen atoms in total. The van der Waals surface area contributed by atoms with E-state index in [-0.39, 0.29) is 18.9 Å². The van der Waals surface area contributed by atoms with Gasteiger partial charge in [-0.1, -0.05) is 13.3 Å². The molecule has 2 unspecified atom stereocenters. The van der Waals surface area contributed by atoms with Crippen LogP contribution in [0, 0.1) is 0 Å². The molecule has 0 radical (unpaired) electrons. The largest absolute Gasteiger partial charge is 0.481 e. The lowest BCUT2D eigenvalue weighted by Crippen LogP contribution is -2.46. The standard InChI is InChI=1S/C21H28N4O6/c1-3-5-13-10-18(26)31-17-11-14(7-8-15(13)17)30-12(2)19(27)25-16(20(28)29)6-4-9-24-21(22)23/h7-8,10-12,16H,3-6,9H2,1-2H3,(H,25,27)(H,28,29)(H4,22,23,24). The molecule has 0 bridgehead atoms. The van der Waals surface area contributed by atoms with Crippen molar-refractivity contribution in [1.29, 1.82) is 0 Å². The number of carboxylic acid groups (broad SMARTS) is 1. The monoisotopic (exact) mass is 432 g/mol. The van der Waals surface area contributed by atoms with Gasteiger partial charge in [-0.05, 0) is 43.9 Å². The van der Waals surface area contributed by atoms with Crippen LogP contribution in [0.2, 0.25) is 0 Å². The van der Waals surface area contributed by atoms with Gasteiger partial charge in [-0.25, -0.2) is 9.59 Å². The third kappa shape index (κ3) is 7.02. The molecular formula is C21H28N4O6. The highest BCUT2D eigenvalue weighted by Crippen LogP contribution is 2.24. The fourth-order valence-electron chi connectivity index (χ4n) is 3.07. The molecule has 0 saturated carbocycles. The molecule has 6 N–H and O–H groups in total. The van der Waals surface area contributed by atoms with Crippen molar-refractivity contribution in [1.82, 2.24) is 5.32 Å². The van der Waals surface area contributed by atoms with Crippen LogP contribution in [0.25, 0.3) is 11.0 Å². The highest BCUT2D eigenvalue weighted by molar-refractivity contribution is 5.86. The molecule has 31 heavy (non-hydrogen) atoms. The SMILES string of the molecule is CCCc1cc(=O)oc2cc(OC(C)C(=O)NC(CCCN=C(N)N)C(=O)O)ccc12. The summed E-state index contributed by atoms with van der Waals surface area (Å²) in [5.74, 6) is -1.51. The van der Waals surface area contributed by atoms with Crippen molar-refractivity contribution in [2.75, 3.05) is 6.54 Å². The second-order valence-corrected chi connectivity index (χ2v) is 7.11. The number of nitrogens with one attached hydrogen (secondary N) is 1. The van der Waals surface area contributed by atoms with Gasteiger partial charge in [0, 0.05) is 24.1 Å². The fourth-order valence-corrected chi connectivity index (χ4v) is 3.07. The number of nitrogens with zero attached hydrogens (tertiary/aromatic N) is 1. The van der Waals surface area contributed by atoms with Crippen LogP contribution in [0.1, 0.15) is 38.7 Å². The molecule has 0 aliphatic carbocycles. The van der Waals surface area contributed by atoms with E-state index < -0.39 is 29.6 Å². The summed E-state index contributed by atoms with van der Waals surface area (Å²) in [6.07, 6.45) is 1.19. The zero-order valence-corrected chi connectivity index (χ0v) is 17.6. The first-order valence-corrected chi connectivity index (χ1v) is 10.0. The summed E-state index contributed by atoms with van der Waals surface area (Å²) < 4.78 is 10.9. The Bertz CT molecular complexity index is 1010. The number of carboxylic acids is 1.